The van der Waals surface area contributed by atoms with Gasteiger partial charge in [0.1, 0.15) is 5.82 Å². The van der Waals surface area contributed by atoms with Crippen LogP contribution >= 0.6 is 11.3 Å². The molecule has 12 aromatic rings. The zero-order valence-corrected chi connectivity index (χ0v) is 32.4. The van der Waals surface area contributed by atoms with Gasteiger partial charge in [0.15, 0.2) is 5.82 Å². The highest BCUT2D eigenvalue weighted by atomic mass is 32.1. The van der Waals surface area contributed by atoms with Crippen molar-refractivity contribution in [2.24, 2.45) is 0 Å². The number of aryl methyl sites for hydroxylation is 1. The van der Waals surface area contributed by atoms with Crippen LogP contribution in [-0.4, -0.2) is 19.1 Å². The van der Waals surface area contributed by atoms with Crippen molar-refractivity contribution in [2.45, 2.75) is 6.92 Å². The zero-order chi connectivity index (χ0) is 38.3. The number of thiophene rings is 1. The summed E-state index contributed by atoms with van der Waals surface area (Å²) in [7, 11) is 0. The lowest BCUT2D eigenvalue weighted by Crippen LogP contribution is -2.02. The first-order valence-electron chi connectivity index (χ1n) is 19.7. The van der Waals surface area contributed by atoms with Gasteiger partial charge in [-0.05, 0) is 66.6 Å². The van der Waals surface area contributed by atoms with Crippen molar-refractivity contribution in [3.05, 3.63) is 194 Å². The van der Waals surface area contributed by atoms with Gasteiger partial charge in [0.25, 0.3) is 0 Å². The Balaban J connectivity index is 1.16. The van der Waals surface area contributed by atoms with Crippen molar-refractivity contribution < 1.29 is 0 Å². The smallest absolute Gasteiger partial charge is 0.162 e. The molecule has 0 N–H and O–H groups in total. The van der Waals surface area contributed by atoms with Gasteiger partial charge in [0.05, 0.1) is 27.8 Å². The van der Waals surface area contributed by atoms with E-state index in [0.29, 0.717) is 5.82 Å². The molecule has 5 heteroatoms. The van der Waals surface area contributed by atoms with E-state index >= 15 is 0 Å². The third-order valence-electron chi connectivity index (χ3n) is 11.6. The topological polar surface area (TPSA) is 35.6 Å². The molecule has 12 rings (SSSR count). The molecule has 58 heavy (non-hydrogen) atoms. The zero-order valence-electron chi connectivity index (χ0n) is 31.6. The van der Waals surface area contributed by atoms with E-state index < -0.39 is 0 Å². The quantitative estimate of drug-likeness (QED) is 0.175. The van der Waals surface area contributed by atoms with E-state index in [2.05, 4.69) is 204 Å². The highest BCUT2D eigenvalue weighted by Crippen LogP contribution is 2.42. The lowest BCUT2D eigenvalue weighted by Gasteiger charge is -2.13. The second kappa shape index (κ2) is 12.8. The monoisotopic (exact) mass is 758 g/mol. The van der Waals surface area contributed by atoms with E-state index in [1.54, 1.807) is 0 Å². The van der Waals surface area contributed by atoms with Crippen LogP contribution in [0.15, 0.2) is 188 Å². The van der Waals surface area contributed by atoms with E-state index in [0.717, 1.165) is 50.5 Å². The van der Waals surface area contributed by atoms with E-state index in [1.807, 2.05) is 11.3 Å². The summed E-state index contributed by atoms with van der Waals surface area (Å²) in [6, 6.07) is 67.7. The fraction of sp³-hybridized carbons (Fsp3) is 0.0189. The molecule has 272 valence electrons. The van der Waals surface area contributed by atoms with Gasteiger partial charge >= 0.3 is 0 Å². The number of para-hydroxylation sites is 2. The lowest BCUT2D eigenvalue weighted by molar-refractivity contribution is 1.05. The van der Waals surface area contributed by atoms with Gasteiger partial charge in [-0.2, -0.15) is 0 Å². The van der Waals surface area contributed by atoms with Gasteiger partial charge in [-0.25, -0.2) is 9.97 Å². The maximum atomic E-state index is 5.48. The van der Waals surface area contributed by atoms with E-state index in [4.69, 9.17) is 9.97 Å². The van der Waals surface area contributed by atoms with Gasteiger partial charge in [-0.15, -0.1) is 11.3 Å². The number of benzene rings is 8. The Morgan fingerprint density at radius 2 is 1.02 bits per heavy atom. The Morgan fingerprint density at radius 3 is 1.79 bits per heavy atom. The molecule has 0 fully saturated rings. The second-order valence-corrected chi connectivity index (χ2v) is 16.1. The van der Waals surface area contributed by atoms with E-state index in [-0.39, 0.29) is 0 Å². The summed E-state index contributed by atoms with van der Waals surface area (Å²) < 4.78 is 7.25. The third kappa shape index (κ3) is 5.07. The average molecular weight is 759 g/mol. The molecular weight excluding hydrogens is 725 g/mol. The van der Waals surface area contributed by atoms with Crippen molar-refractivity contribution in [2.75, 3.05) is 0 Å². The Hall–Kier alpha value is -7.34. The number of hydrogen-bond donors (Lipinski definition) is 0. The molecule has 0 aliphatic heterocycles. The largest absolute Gasteiger partial charge is 0.309 e. The summed E-state index contributed by atoms with van der Waals surface area (Å²) in [6.07, 6.45) is 0. The standard InChI is InChI=1S/C53H34N4S/c1-33-25-27-37(28-26-33)56-46-22-8-5-17-38(46)43-31-49-44(30-48(43)56)39-18-6-9-23-47(39)57(49)51-32-45(42-21-12-20-41-40-19-7-10-24-50(40)58-52(41)42)54-53(55-51)36-16-11-15-35(29-36)34-13-3-2-4-14-34/h2-32H,1H3. The van der Waals surface area contributed by atoms with Crippen LogP contribution in [0.4, 0.5) is 0 Å². The summed E-state index contributed by atoms with van der Waals surface area (Å²) >= 11 is 1.83. The lowest BCUT2D eigenvalue weighted by atomic mass is 10.0. The molecule has 4 heterocycles. The molecule has 0 aliphatic carbocycles. The minimum absolute atomic E-state index is 0.686. The predicted molar refractivity (Wildman–Crippen MR) is 245 cm³/mol. The number of aromatic nitrogens is 4. The number of rotatable bonds is 5. The first kappa shape index (κ1) is 32.9. The van der Waals surface area contributed by atoms with Crippen LogP contribution in [0.25, 0.3) is 109 Å². The fourth-order valence-electron chi connectivity index (χ4n) is 8.88. The van der Waals surface area contributed by atoms with E-state index in [1.165, 1.54) is 58.3 Å². The summed E-state index contributed by atoms with van der Waals surface area (Å²) in [5, 5.41) is 7.29. The molecule has 0 amide bonds. The summed E-state index contributed by atoms with van der Waals surface area (Å²) in [5.41, 5.74) is 12.2. The van der Waals surface area contributed by atoms with Gasteiger partial charge < -0.3 is 4.57 Å². The van der Waals surface area contributed by atoms with Crippen molar-refractivity contribution >= 4 is 75.1 Å². The molecule has 0 aliphatic rings. The Bertz CT molecular complexity index is 3570. The summed E-state index contributed by atoms with van der Waals surface area (Å²) in [4.78, 5) is 10.9. The van der Waals surface area contributed by atoms with Crippen molar-refractivity contribution in [3.8, 4) is 45.3 Å². The van der Waals surface area contributed by atoms with Crippen LogP contribution in [0.3, 0.4) is 0 Å². The number of fused-ring (bicyclic) bond motifs is 9. The van der Waals surface area contributed by atoms with E-state index in [9.17, 15) is 0 Å². The Kier molecular flexibility index (Phi) is 7.28. The molecule has 4 nitrogen and oxygen atoms in total. The van der Waals surface area contributed by atoms with Gasteiger partial charge in [-0.3, -0.25) is 4.57 Å². The number of hydrogen-bond acceptors (Lipinski definition) is 3. The normalized spacial score (nSPS) is 11.9. The Morgan fingerprint density at radius 1 is 0.414 bits per heavy atom. The summed E-state index contributed by atoms with van der Waals surface area (Å²) in [5.74, 6) is 1.52. The minimum atomic E-state index is 0.686. The van der Waals surface area contributed by atoms with Crippen molar-refractivity contribution in [1.29, 1.82) is 0 Å². The molecule has 4 aromatic heterocycles. The molecule has 0 unspecified atom stereocenters. The molecule has 0 saturated heterocycles. The maximum absolute atomic E-state index is 5.48. The third-order valence-corrected chi connectivity index (χ3v) is 12.8. The molecule has 0 saturated carbocycles. The van der Waals surface area contributed by atoms with Crippen LogP contribution in [0.1, 0.15) is 5.56 Å². The molecule has 0 radical (unpaired) electrons. The Labute approximate surface area is 338 Å². The number of nitrogens with zero attached hydrogens (tertiary/aromatic N) is 4. The van der Waals surface area contributed by atoms with Crippen LogP contribution in [0.2, 0.25) is 0 Å². The molecule has 0 bridgehead atoms. The van der Waals surface area contributed by atoms with Gasteiger partial charge in [0.2, 0.25) is 0 Å². The fourth-order valence-corrected chi connectivity index (χ4v) is 10.1. The molecule has 0 spiro atoms. The van der Waals surface area contributed by atoms with Gasteiger partial charge in [-0.1, -0.05) is 139 Å². The predicted octanol–water partition coefficient (Wildman–Crippen LogP) is 14.3. The first-order chi connectivity index (χ1) is 28.7. The molecule has 0 atom stereocenters. The van der Waals surface area contributed by atoms with Crippen molar-refractivity contribution in [1.82, 2.24) is 19.1 Å². The minimum Gasteiger partial charge on any atom is -0.309 e. The van der Waals surface area contributed by atoms with Crippen LogP contribution < -0.4 is 0 Å². The highest BCUT2D eigenvalue weighted by Gasteiger charge is 2.21. The second-order valence-electron chi connectivity index (χ2n) is 15.1. The van der Waals surface area contributed by atoms with Crippen LogP contribution in [0, 0.1) is 6.92 Å². The van der Waals surface area contributed by atoms with Crippen LogP contribution in [-0.2, 0) is 0 Å². The van der Waals surface area contributed by atoms with Crippen molar-refractivity contribution in [3.63, 3.8) is 0 Å². The first-order valence-corrected chi connectivity index (χ1v) is 20.5. The highest BCUT2D eigenvalue weighted by molar-refractivity contribution is 7.26. The van der Waals surface area contributed by atoms with Gasteiger partial charge in [0, 0.05) is 64.6 Å². The SMILES string of the molecule is Cc1ccc(-n2c3ccccc3c3cc4c(cc32)c2ccccc2n4-c2cc(-c3cccc4c3sc3ccccc34)nc(-c3cccc(-c4ccccc4)c3)n2)cc1. The van der Waals surface area contributed by atoms with Crippen LogP contribution in [0.5, 0.6) is 0 Å². The molecule has 8 aromatic carbocycles. The maximum Gasteiger partial charge on any atom is 0.162 e. The average Bonchev–Trinajstić information content (AvgIpc) is 3.93. The summed E-state index contributed by atoms with van der Waals surface area (Å²) in [6.45, 7) is 2.14. The molecular formula is C53H34N4S.